The number of carbonyl (C=O) groups is 1. The van der Waals surface area contributed by atoms with E-state index >= 15 is 0 Å². The zero-order valence-electron chi connectivity index (χ0n) is 11.8. The summed E-state index contributed by atoms with van der Waals surface area (Å²) in [6.45, 7) is 2.74. The lowest BCUT2D eigenvalue weighted by Gasteiger charge is -2.46. The second-order valence-electron chi connectivity index (χ2n) is 5.88. The third kappa shape index (κ3) is 2.38. The number of amides is 1. The van der Waals surface area contributed by atoms with Crippen LogP contribution >= 0.6 is 0 Å². The normalized spacial score (nSPS) is 27.1. The van der Waals surface area contributed by atoms with E-state index in [1.807, 2.05) is 4.90 Å². The lowest BCUT2D eigenvalue weighted by atomic mass is 9.84. The molecule has 1 aromatic heterocycles. The fourth-order valence-corrected chi connectivity index (χ4v) is 3.57. The Bertz CT molecular complexity index is 506. The smallest absolute Gasteiger partial charge is 0.257 e. The monoisotopic (exact) mass is 275 g/mol. The predicted molar refractivity (Wildman–Crippen MR) is 75.6 cm³/mol. The average Bonchev–Trinajstić information content (AvgIpc) is 2.47. The van der Waals surface area contributed by atoms with Crippen molar-refractivity contribution in [3.05, 3.63) is 24.0 Å². The first kappa shape index (κ1) is 13.4. The third-order valence-corrected chi connectivity index (χ3v) is 4.66. The molecule has 5 heteroatoms. The molecule has 3 heterocycles. The van der Waals surface area contributed by atoms with Crippen LogP contribution in [0.4, 0.5) is 0 Å². The highest BCUT2D eigenvalue weighted by molar-refractivity contribution is 5.96. The van der Waals surface area contributed by atoms with Crippen molar-refractivity contribution in [3.8, 4) is 5.75 Å². The molecule has 0 radical (unpaired) electrons. The van der Waals surface area contributed by atoms with Crippen LogP contribution in [-0.2, 0) is 0 Å². The molecule has 2 aliphatic rings. The van der Waals surface area contributed by atoms with Gasteiger partial charge in [0, 0.05) is 25.3 Å². The van der Waals surface area contributed by atoms with E-state index in [2.05, 4.69) is 16.9 Å². The molecule has 3 rings (SSSR count). The average molecular weight is 275 g/mol. The minimum atomic E-state index is -0.0726. The van der Waals surface area contributed by atoms with Gasteiger partial charge in [-0.25, -0.2) is 0 Å². The zero-order valence-corrected chi connectivity index (χ0v) is 11.8. The number of aromatic nitrogens is 1. The van der Waals surface area contributed by atoms with Gasteiger partial charge in [0.25, 0.3) is 5.91 Å². The Labute approximate surface area is 119 Å². The second-order valence-corrected chi connectivity index (χ2v) is 5.88. The summed E-state index contributed by atoms with van der Waals surface area (Å²) in [5.41, 5.74) is 0.364. The van der Waals surface area contributed by atoms with Crippen LogP contribution in [0.2, 0.25) is 0 Å². The van der Waals surface area contributed by atoms with Crippen molar-refractivity contribution >= 4 is 5.91 Å². The lowest BCUT2D eigenvalue weighted by Crippen LogP contribution is -2.53. The maximum Gasteiger partial charge on any atom is 0.257 e. The topological polar surface area (TPSA) is 56.7 Å². The standard InChI is InChI=1S/C15H21N3O2/c1-17-7-2-3-11-10-18(8-5-13(11)17)15(20)12-4-6-16-9-14(12)19/h4,6,9,11,13,19H,2-3,5,7-8,10H2,1H3. The molecule has 1 amide bonds. The van der Waals surface area contributed by atoms with E-state index in [1.165, 1.54) is 25.6 Å². The van der Waals surface area contributed by atoms with Gasteiger partial charge in [-0.3, -0.25) is 9.78 Å². The number of piperidine rings is 2. The summed E-state index contributed by atoms with van der Waals surface area (Å²) in [7, 11) is 2.18. The molecule has 2 fully saturated rings. The molecular formula is C15H21N3O2. The van der Waals surface area contributed by atoms with Crippen molar-refractivity contribution in [2.75, 3.05) is 26.7 Å². The molecular weight excluding hydrogens is 254 g/mol. The van der Waals surface area contributed by atoms with E-state index in [4.69, 9.17) is 0 Å². The predicted octanol–water partition coefficient (Wildman–Crippen LogP) is 1.34. The van der Waals surface area contributed by atoms with E-state index in [1.54, 1.807) is 12.3 Å². The first-order chi connectivity index (χ1) is 9.66. The maximum atomic E-state index is 12.5. The van der Waals surface area contributed by atoms with Crippen LogP contribution < -0.4 is 0 Å². The van der Waals surface area contributed by atoms with Crippen LogP contribution in [0.3, 0.4) is 0 Å². The van der Waals surface area contributed by atoms with E-state index in [9.17, 15) is 9.90 Å². The largest absolute Gasteiger partial charge is 0.505 e. The summed E-state index contributed by atoms with van der Waals surface area (Å²) in [6, 6.07) is 2.20. The van der Waals surface area contributed by atoms with Crippen molar-refractivity contribution < 1.29 is 9.90 Å². The molecule has 0 bridgehead atoms. The first-order valence-corrected chi connectivity index (χ1v) is 7.29. The summed E-state index contributed by atoms with van der Waals surface area (Å²) in [5, 5.41) is 9.77. The Morgan fingerprint density at radius 2 is 2.25 bits per heavy atom. The van der Waals surface area contributed by atoms with Gasteiger partial charge in [0.15, 0.2) is 0 Å². The lowest BCUT2D eigenvalue weighted by molar-refractivity contribution is 0.0315. The molecule has 0 aliphatic carbocycles. The van der Waals surface area contributed by atoms with Gasteiger partial charge >= 0.3 is 0 Å². The Balaban J connectivity index is 1.73. The zero-order chi connectivity index (χ0) is 14.1. The molecule has 2 aliphatic heterocycles. The van der Waals surface area contributed by atoms with Crippen LogP contribution in [0.15, 0.2) is 18.5 Å². The van der Waals surface area contributed by atoms with Crippen LogP contribution in [0, 0.1) is 5.92 Å². The highest BCUT2D eigenvalue weighted by Gasteiger charge is 2.36. The molecule has 0 aromatic carbocycles. The van der Waals surface area contributed by atoms with Crippen molar-refractivity contribution in [2.24, 2.45) is 5.92 Å². The first-order valence-electron chi connectivity index (χ1n) is 7.29. The molecule has 1 N–H and O–H groups in total. The van der Waals surface area contributed by atoms with E-state index in [-0.39, 0.29) is 11.7 Å². The second kappa shape index (κ2) is 5.40. The summed E-state index contributed by atoms with van der Waals surface area (Å²) >= 11 is 0. The maximum absolute atomic E-state index is 12.5. The number of hydrogen-bond donors (Lipinski definition) is 1. The van der Waals surface area contributed by atoms with Crippen LogP contribution in [0.5, 0.6) is 5.75 Å². The Morgan fingerprint density at radius 1 is 1.40 bits per heavy atom. The number of pyridine rings is 1. The number of carbonyl (C=O) groups excluding carboxylic acids is 1. The van der Waals surface area contributed by atoms with Gasteiger partial charge in [-0.05, 0) is 44.8 Å². The molecule has 2 saturated heterocycles. The highest BCUT2D eigenvalue weighted by Crippen LogP contribution is 2.30. The summed E-state index contributed by atoms with van der Waals surface area (Å²) in [5.74, 6) is 0.465. The minimum Gasteiger partial charge on any atom is -0.505 e. The van der Waals surface area contributed by atoms with Crippen molar-refractivity contribution in [1.82, 2.24) is 14.8 Å². The summed E-state index contributed by atoms with van der Waals surface area (Å²) in [4.78, 5) is 20.6. The minimum absolute atomic E-state index is 0.0274. The van der Waals surface area contributed by atoms with Gasteiger partial charge in [0.2, 0.25) is 0 Å². The van der Waals surface area contributed by atoms with E-state index < -0.39 is 0 Å². The number of likely N-dealkylation sites (tertiary alicyclic amines) is 2. The number of aromatic hydroxyl groups is 1. The van der Waals surface area contributed by atoms with Gasteiger partial charge in [-0.1, -0.05) is 0 Å². The Kier molecular flexibility index (Phi) is 3.61. The Hall–Kier alpha value is -1.62. The fraction of sp³-hybridized carbons (Fsp3) is 0.600. The van der Waals surface area contributed by atoms with Gasteiger partial charge in [0.05, 0.1) is 11.8 Å². The van der Waals surface area contributed by atoms with Crippen molar-refractivity contribution in [2.45, 2.75) is 25.3 Å². The molecule has 2 atom stereocenters. The quantitative estimate of drug-likeness (QED) is 0.840. The van der Waals surface area contributed by atoms with Crippen LogP contribution in [0.1, 0.15) is 29.6 Å². The third-order valence-electron chi connectivity index (χ3n) is 4.66. The van der Waals surface area contributed by atoms with Gasteiger partial charge in [-0.2, -0.15) is 0 Å². The van der Waals surface area contributed by atoms with Crippen LogP contribution in [-0.4, -0.2) is 58.5 Å². The van der Waals surface area contributed by atoms with Gasteiger partial charge in [0.1, 0.15) is 5.75 Å². The Morgan fingerprint density at radius 3 is 3.05 bits per heavy atom. The molecule has 2 unspecified atom stereocenters. The van der Waals surface area contributed by atoms with Crippen LogP contribution in [0.25, 0.3) is 0 Å². The van der Waals surface area contributed by atoms with Gasteiger partial charge in [-0.15, -0.1) is 0 Å². The summed E-state index contributed by atoms with van der Waals surface area (Å²) < 4.78 is 0. The van der Waals surface area contributed by atoms with E-state index in [0.717, 1.165) is 19.5 Å². The van der Waals surface area contributed by atoms with Crippen molar-refractivity contribution in [3.63, 3.8) is 0 Å². The highest BCUT2D eigenvalue weighted by atomic mass is 16.3. The van der Waals surface area contributed by atoms with Gasteiger partial charge < -0.3 is 14.9 Å². The molecule has 5 nitrogen and oxygen atoms in total. The SMILES string of the molecule is CN1CCCC2CN(C(=O)c3ccncc3O)CCC21. The number of fused-ring (bicyclic) bond motifs is 1. The molecule has 0 saturated carbocycles. The molecule has 20 heavy (non-hydrogen) atoms. The number of hydrogen-bond acceptors (Lipinski definition) is 4. The number of rotatable bonds is 1. The number of nitrogens with zero attached hydrogens (tertiary/aromatic N) is 3. The van der Waals surface area contributed by atoms with E-state index in [0.29, 0.717) is 17.5 Å². The molecule has 108 valence electrons. The fourth-order valence-electron chi connectivity index (χ4n) is 3.57. The molecule has 0 spiro atoms. The molecule has 1 aromatic rings. The van der Waals surface area contributed by atoms with Crippen molar-refractivity contribution in [1.29, 1.82) is 0 Å². The summed E-state index contributed by atoms with van der Waals surface area (Å²) in [6.07, 6.45) is 6.31.